The van der Waals surface area contributed by atoms with Gasteiger partial charge in [-0.2, -0.15) is 0 Å². The lowest BCUT2D eigenvalue weighted by molar-refractivity contribution is 0.440. The van der Waals surface area contributed by atoms with Crippen LogP contribution in [0.25, 0.3) is 0 Å². The van der Waals surface area contributed by atoms with Gasteiger partial charge in [0, 0.05) is 24.2 Å². The minimum Gasteiger partial charge on any atom is -0.309 e. The summed E-state index contributed by atoms with van der Waals surface area (Å²) < 4.78 is 0. The van der Waals surface area contributed by atoms with Crippen molar-refractivity contribution >= 4 is 0 Å². The second kappa shape index (κ2) is 7.72. The first-order valence-electron chi connectivity index (χ1n) is 8.23. The number of nitrogens with zero attached hydrogens (tertiary/aromatic N) is 2. The molecule has 3 heteroatoms. The third kappa shape index (κ3) is 4.86. The molecule has 2 rings (SSSR count). The summed E-state index contributed by atoms with van der Waals surface area (Å²) in [6.45, 7) is 7.28. The zero-order valence-corrected chi connectivity index (χ0v) is 13.3. The van der Waals surface area contributed by atoms with Gasteiger partial charge in [-0.3, -0.25) is 0 Å². The highest BCUT2D eigenvalue weighted by Crippen LogP contribution is 2.29. The van der Waals surface area contributed by atoms with Crippen molar-refractivity contribution < 1.29 is 0 Å². The van der Waals surface area contributed by atoms with Crippen LogP contribution in [-0.4, -0.2) is 16.0 Å². The van der Waals surface area contributed by atoms with Gasteiger partial charge in [0.05, 0.1) is 5.69 Å². The summed E-state index contributed by atoms with van der Waals surface area (Å²) in [4.78, 5) is 9.55. The average molecular weight is 275 g/mol. The van der Waals surface area contributed by atoms with Gasteiger partial charge in [0.15, 0.2) is 0 Å². The molecule has 1 fully saturated rings. The highest BCUT2D eigenvalue weighted by Gasteiger charge is 2.17. The second-order valence-electron chi connectivity index (χ2n) is 6.44. The molecule has 0 aromatic carbocycles. The minimum atomic E-state index is 0.495. The number of hydrogen-bond acceptors (Lipinski definition) is 3. The van der Waals surface area contributed by atoms with Gasteiger partial charge in [-0.1, -0.05) is 46.0 Å². The molecule has 0 unspecified atom stereocenters. The smallest absolute Gasteiger partial charge is 0.131 e. The molecule has 112 valence electrons. The summed E-state index contributed by atoms with van der Waals surface area (Å²) in [5.74, 6) is 1.67. The van der Waals surface area contributed by atoms with Gasteiger partial charge in [-0.15, -0.1) is 0 Å². The van der Waals surface area contributed by atoms with Gasteiger partial charge in [0.25, 0.3) is 0 Å². The van der Waals surface area contributed by atoms with E-state index in [1.165, 1.54) is 44.9 Å². The second-order valence-corrected chi connectivity index (χ2v) is 6.44. The maximum atomic E-state index is 4.83. The molecule has 0 radical (unpaired) electrons. The summed E-state index contributed by atoms with van der Waals surface area (Å²) in [6.07, 6.45) is 9.36. The molecule has 0 spiro atoms. The molecule has 0 amide bonds. The molecule has 3 nitrogen and oxygen atoms in total. The van der Waals surface area contributed by atoms with E-state index in [0.717, 1.165) is 23.8 Å². The van der Waals surface area contributed by atoms with Gasteiger partial charge in [0.1, 0.15) is 5.82 Å². The summed E-state index contributed by atoms with van der Waals surface area (Å²) in [6, 6.07) is 2.61. The first-order valence-corrected chi connectivity index (χ1v) is 8.23. The Morgan fingerprint density at radius 3 is 2.40 bits per heavy atom. The highest BCUT2D eigenvalue weighted by atomic mass is 15.0. The van der Waals surface area contributed by atoms with Gasteiger partial charge in [0.2, 0.25) is 0 Å². The monoisotopic (exact) mass is 275 g/mol. The Bertz CT molecular complexity index is 407. The van der Waals surface area contributed by atoms with Crippen molar-refractivity contribution in [2.45, 2.75) is 84.2 Å². The van der Waals surface area contributed by atoms with E-state index >= 15 is 0 Å². The van der Waals surface area contributed by atoms with Crippen LogP contribution in [0.15, 0.2) is 6.07 Å². The first-order chi connectivity index (χ1) is 9.65. The van der Waals surface area contributed by atoms with Gasteiger partial charge < -0.3 is 5.32 Å². The average Bonchev–Trinajstić information content (AvgIpc) is 2.35. The Morgan fingerprint density at radius 2 is 1.75 bits per heavy atom. The number of hydrogen-bond donors (Lipinski definition) is 1. The molecule has 1 aliphatic carbocycles. The van der Waals surface area contributed by atoms with Crippen molar-refractivity contribution in [3.8, 4) is 0 Å². The van der Waals surface area contributed by atoms with Crippen LogP contribution in [-0.2, 0) is 6.54 Å². The Labute approximate surface area is 123 Å². The molecule has 0 aliphatic heterocycles. The van der Waals surface area contributed by atoms with Gasteiger partial charge in [-0.05, 0) is 25.8 Å². The third-order valence-electron chi connectivity index (χ3n) is 4.09. The molecule has 20 heavy (non-hydrogen) atoms. The van der Waals surface area contributed by atoms with Crippen LogP contribution in [0.1, 0.15) is 81.9 Å². The molecule has 0 bridgehead atoms. The zero-order valence-electron chi connectivity index (χ0n) is 13.3. The van der Waals surface area contributed by atoms with E-state index in [4.69, 9.17) is 9.97 Å². The standard InChI is InChI=1S/C17H29N3/c1-13(2)18-12-16-11-14(3)19-17(20-16)15-9-7-5-4-6-8-10-15/h11,13,15,18H,4-10,12H2,1-3H3. The molecule has 1 aromatic rings. The summed E-state index contributed by atoms with van der Waals surface area (Å²) in [7, 11) is 0. The molecule has 0 saturated heterocycles. The number of nitrogens with one attached hydrogen (secondary N) is 1. The van der Waals surface area contributed by atoms with Crippen LogP contribution < -0.4 is 5.32 Å². The van der Waals surface area contributed by atoms with Crippen LogP contribution in [0.5, 0.6) is 0 Å². The zero-order chi connectivity index (χ0) is 14.4. The molecule has 1 heterocycles. The van der Waals surface area contributed by atoms with Crippen molar-refractivity contribution in [3.63, 3.8) is 0 Å². The molecule has 1 N–H and O–H groups in total. The number of rotatable bonds is 4. The van der Waals surface area contributed by atoms with E-state index < -0.39 is 0 Å². The Kier molecular flexibility index (Phi) is 5.96. The van der Waals surface area contributed by atoms with Crippen molar-refractivity contribution in [1.29, 1.82) is 0 Å². The van der Waals surface area contributed by atoms with E-state index in [-0.39, 0.29) is 0 Å². The maximum Gasteiger partial charge on any atom is 0.131 e. The summed E-state index contributed by atoms with van der Waals surface area (Å²) in [5.41, 5.74) is 2.25. The van der Waals surface area contributed by atoms with E-state index in [1.807, 2.05) is 0 Å². The van der Waals surface area contributed by atoms with E-state index in [9.17, 15) is 0 Å². The fraction of sp³-hybridized carbons (Fsp3) is 0.765. The van der Waals surface area contributed by atoms with Crippen LogP contribution in [0.3, 0.4) is 0 Å². The quantitative estimate of drug-likeness (QED) is 0.898. The predicted octanol–water partition coefficient (Wildman–Crippen LogP) is 4.11. The molecule has 1 aromatic heterocycles. The topological polar surface area (TPSA) is 37.8 Å². The Morgan fingerprint density at radius 1 is 1.10 bits per heavy atom. The fourth-order valence-corrected chi connectivity index (χ4v) is 2.95. The predicted molar refractivity (Wildman–Crippen MR) is 83.8 cm³/mol. The van der Waals surface area contributed by atoms with Crippen LogP contribution in [0, 0.1) is 6.92 Å². The van der Waals surface area contributed by atoms with Gasteiger partial charge >= 0.3 is 0 Å². The SMILES string of the molecule is Cc1cc(CNC(C)C)nc(C2CCCCCCC2)n1. The minimum absolute atomic E-state index is 0.495. The fourth-order valence-electron chi connectivity index (χ4n) is 2.95. The summed E-state index contributed by atoms with van der Waals surface area (Å²) >= 11 is 0. The van der Waals surface area contributed by atoms with Crippen molar-refractivity contribution in [2.24, 2.45) is 0 Å². The molecule has 0 atom stereocenters. The molecular weight excluding hydrogens is 246 g/mol. The lowest BCUT2D eigenvalue weighted by Crippen LogP contribution is -2.23. The van der Waals surface area contributed by atoms with E-state index in [2.05, 4.69) is 32.2 Å². The third-order valence-corrected chi connectivity index (χ3v) is 4.09. The van der Waals surface area contributed by atoms with E-state index in [1.54, 1.807) is 0 Å². The molecular formula is C17H29N3. The number of aromatic nitrogens is 2. The van der Waals surface area contributed by atoms with Crippen LogP contribution in [0.2, 0.25) is 0 Å². The highest BCUT2D eigenvalue weighted by molar-refractivity contribution is 5.12. The molecule has 1 saturated carbocycles. The molecule has 1 aliphatic rings. The van der Waals surface area contributed by atoms with E-state index in [0.29, 0.717) is 12.0 Å². The van der Waals surface area contributed by atoms with Crippen molar-refractivity contribution in [2.75, 3.05) is 0 Å². The van der Waals surface area contributed by atoms with Crippen LogP contribution in [0.4, 0.5) is 0 Å². The summed E-state index contributed by atoms with van der Waals surface area (Å²) in [5, 5.41) is 3.45. The first kappa shape index (κ1) is 15.4. The lowest BCUT2D eigenvalue weighted by Gasteiger charge is -2.19. The Balaban J connectivity index is 2.08. The van der Waals surface area contributed by atoms with Gasteiger partial charge in [-0.25, -0.2) is 9.97 Å². The Hall–Kier alpha value is -0.960. The lowest BCUT2D eigenvalue weighted by atomic mass is 9.90. The normalized spacial score (nSPS) is 18.0. The number of aryl methyl sites for hydroxylation is 1. The van der Waals surface area contributed by atoms with Crippen molar-refractivity contribution in [3.05, 3.63) is 23.3 Å². The van der Waals surface area contributed by atoms with Crippen molar-refractivity contribution in [1.82, 2.24) is 15.3 Å². The van der Waals surface area contributed by atoms with Crippen LogP contribution >= 0.6 is 0 Å². The maximum absolute atomic E-state index is 4.83. The largest absolute Gasteiger partial charge is 0.309 e.